The van der Waals surface area contributed by atoms with E-state index in [-0.39, 0.29) is 12.9 Å². The molecule has 0 saturated heterocycles. The van der Waals surface area contributed by atoms with Crippen LogP contribution in [0.5, 0.6) is 0 Å². The molecule has 0 saturated carbocycles. The molecular formula is C4H10O3. The average molecular weight is 106 g/mol. The Morgan fingerprint density at radius 1 is 1.57 bits per heavy atom. The molecule has 0 aromatic carbocycles. The highest BCUT2D eigenvalue weighted by atomic mass is 17.1. The molecule has 0 rings (SSSR count). The lowest BCUT2D eigenvalue weighted by molar-refractivity contribution is -0.301. The molecule has 3 nitrogen and oxygen atoms in total. The van der Waals surface area contributed by atoms with E-state index >= 15 is 0 Å². The third-order valence-electron chi connectivity index (χ3n) is 0.454. The third kappa shape index (κ3) is 5.88. The van der Waals surface area contributed by atoms with E-state index in [1.54, 1.807) is 0 Å². The fourth-order valence-corrected chi connectivity index (χ4v) is 0.167. The summed E-state index contributed by atoms with van der Waals surface area (Å²) in [5, 5.41) is 7.69. The maximum atomic E-state index is 7.69. The SMILES string of the molecule is CC(C)OCOO. The molecular weight excluding hydrogens is 96.0 g/mol. The second kappa shape index (κ2) is 4.05. The molecule has 0 atom stereocenters. The normalized spacial score (nSPS) is 10.3. The van der Waals surface area contributed by atoms with Crippen molar-refractivity contribution in [2.75, 3.05) is 6.79 Å². The molecule has 3 heteroatoms. The van der Waals surface area contributed by atoms with E-state index in [0.29, 0.717) is 0 Å². The Morgan fingerprint density at radius 2 is 2.14 bits per heavy atom. The summed E-state index contributed by atoms with van der Waals surface area (Å²) >= 11 is 0. The first-order valence-corrected chi connectivity index (χ1v) is 2.15. The Hall–Kier alpha value is -0.120. The highest BCUT2D eigenvalue weighted by Crippen LogP contribution is 1.84. The molecule has 0 aromatic heterocycles. The predicted octanol–water partition coefficient (Wildman–Crippen LogP) is 0.859. The lowest BCUT2D eigenvalue weighted by Crippen LogP contribution is -2.04. The summed E-state index contributed by atoms with van der Waals surface area (Å²) in [5.41, 5.74) is 0. The third-order valence-corrected chi connectivity index (χ3v) is 0.454. The Morgan fingerprint density at radius 3 is 2.29 bits per heavy atom. The Balaban J connectivity index is 2.68. The molecule has 0 amide bonds. The lowest BCUT2D eigenvalue weighted by Gasteiger charge is -2.01. The first-order valence-electron chi connectivity index (χ1n) is 2.15. The van der Waals surface area contributed by atoms with E-state index in [1.165, 1.54) is 0 Å². The fourth-order valence-electron chi connectivity index (χ4n) is 0.167. The first-order chi connectivity index (χ1) is 3.27. The summed E-state index contributed by atoms with van der Waals surface area (Å²) in [6.45, 7) is 3.68. The van der Waals surface area contributed by atoms with Gasteiger partial charge in [0, 0.05) is 0 Å². The van der Waals surface area contributed by atoms with Crippen LogP contribution in [0.2, 0.25) is 0 Å². The van der Waals surface area contributed by atoms with E-state index in [4.69, 9.17) is 9.99 Å². The number of hydrogen-bond acceptors (Lipinski definition) is 3. The number of rotatable bonds is 3. The first kappa shape index (κ1) is 6.88. The van der Waals surface area contributed by atoms with E-state index in [0.717, 1.165) is 0 Å². The van der Waals surface area contributed by atoms with Crippen LogP contribution in [0.1, 0.15) is 13.8 Å². The molecule has 44 valence electrons. The van der Waals surface area contributed by atoms with Gasteiger partial charge in [0.15, 0.2) is 6.79 Å². The maximum absolute atomic E-state index is 7.69. The van der Waals surface area contributed by atoms with E-state index in [2.05, 4.69) is 4.89 Å². The lowest BCUT2D eigenvalue weighted by atomic mass is 10.5. The molecule has 0 bridgehead atoms. The van der Waals surface area contributed by atoms with Crippen LogP contribution in [0, 0.1) is 0 Å². The van der Waals surface area contributed by atoms with Gasteiger partial charge in [-0.15, -0.1) is 0 Å². The van der Waals surface area contributed by atoms with Crippen molar-refractivity contribution in [3.8, 4) is 0 Å². The van der Waals surface area contributed by atoms with Crippen LogP contribution in [0.15, 0.2) is 0 Å². The minimum absolute atomic E-state index is 0.0440. The van der Waals surface area contributed by atoms with E-state index in [1.807, 2.05) is 13.8 Å². The van der Waals surface area contributed by atoms with E-state index in [9.17, 15) is 0 Å². The van der Waals surface area contributed by atoms with Gasteiger partial charge in [0.1, 0.15) is 0 Å². The molecule has 0 heterocycles. The Labute approximate surface area is 42.8 Å². The maximum Gasteiger partial charge on any atom is 0.180 e. The van der Waals surface area contributed by atoms with Gasteiger partial charge < -0.3 is 4.74 Å². The van der Waals surface area contributed by atoms with Crippen molar-refractivity contribution < 1.29 is 14.9 Å². The summed E-state index contributed by atoms with van der Waals surface area (Å²) in [6.07, 6.45) is 0.118. The van der Waals surface area contributed by atoms with Gasteiger partial charge in [-0.25, -0.2) is 10.1 Å². The van der Waals surface area contributed by atoms with Gasteiger partial charge in [-0.1, -0.05) is 0 Å². The zero-order valence-corrected chi connectivity index (χ0v) is 4.55. The van der Waals surface area contributed by atoms with Gasteiger partial charge in [-0.05, 0) is 13.8 Å². The van der Waals surface area contributed by atoms with Crippen LogP contribution in [0.4, 0.5) is 0 Å². The molecule has 0 aliphatic heterocycles. The fraction of sp³-hybridized carbons (Fsp3) is 1.00. The van der Waals surface area contributed by atoms with Crippen LogP contribution >= 0.6 is 0 Å². The molecule has 0 aromatic rings. The van der Waals surface area contributed by atoms with Gasteiger partial charge in [-0.3, -0.25) is 0 Å². The zero-order chi connectivity index (χ0) is 5.70. The largest absolute Gasteiger partial charge is 0.350 e. The molecule has 0 aliphatic rings. The highest BCUT2D eigenvalue weighted by Gasteiger charge is 1.88. The monoisotopic (exact) mass is 106 g/mol. The summed E-state index contributed by atoms with van der Waals surface area (Å²) in [7, 11) is 0. The van der Waals surface area contributed by atoms with Gasteiger partial charge in [0.2, 0.25) is 0 Å². The zero-order valence-electron chi connectivity index (χ0n) is 4.55. The quantitative estimate of drug-likeness (QED) is 0.329. The van der Waals surface area contributed by atoms with Crippen LogP contribution in [-0.4, -0.2) is 18.2 Å². The van der Waals surface area contributed by atoms with Crippen LogP contribution < -0.4 is 0 Å². The van der Waals surface area contributed by atoms with Gasteiger partial charge in [0.05, 0.1) is 6.10 Å². The van der Waals surface area contributed by atoms with Crippen LogP contribution in [0.25, 0.3) is 0 Å². The molecule has 0 spiro atoms. The topological polar surface area (TPSA) is 38.7 Å². The van der Waals surface area contributed by atoms with Gasteiger partial charge in [-0.2, -0.15) is 0 Å². The predicted molar refractivity (Wildman–Crippen MR) is 24.8 cm³/mol. The number of hydrogen-bond donors (Lipinski definition) is 1. The molecule has 0 fully saturated rings. The van der Waals surface area contributed by atoms with Crippen molar-refractivity contribution in [2.24, 2.45) is 0 Å². The minimum Gasteiger partial charge on any atom is -0.350 e. The van der Waals surface area contributed by atoms with Crippen LogP contribution in [0.3, 0.4) is 0 Å². The van der Waals surface area contributed by atoms with Crippen molar-refractivity contribution in [3.05, 3.63) is 0 Å². The molecule has 0 unspecified atom stereocenters. The second-order valence-corrected chi connectivity index (χ2v) is 1.46. The average Bonchev–Trinajstić information content (AvgIpc) is 1.61. The van der Waals surface area contributed by atoms with Crippen molar-refractivity contribution in [3.63, 3.8) is 0 Å². The van der Waals surface area contributed by atoms with E-state index < -0.39 is 0 Å². The van der Waals surface area contributed by atoms with Crippen LogP contribution in [-0.2, 0) is 9.62 Å². The molecule has 0 radical (unpaired) electrons. The molecule has 7 heavy (non-hydrogen) atoms. The summed E-state index contributed by atoms with van der Waals surface area (Å²) in [6, 6.07) is 0. The van der Waals surface area contributed by atoms with Gasteiger partial charge in [0.25, 0.3) is 0 Å². The second-order valence-electron chi connectivity index (χ2n) is 1.46. The summed E-state index contributed by atoms with van der Waals surface area (Å²) < 4.78 is 4.72. The Bertz CT molecular complexity index is 35.9. The molecule has 0 aliphatic carbocycles. The summed E-state index contributed by atoms with van der Waals surface area (Å²) in [4.78, 5) is 3.63. The van der Waals surface area contributed by atoms with Gasteiger partial charge >= 0.3 is 0 Å². The van der Waals surface area contributed by atoms with Crippen molar-refractivity contribution in [1.82, 2.24) is 0 Å². The van der Waals surface area contributed by atoms with Crippen molar-refractivity contribution >= 4 is 0 Å². The smallest absolute Gasteiger partial charge is 0.180 e. The minimum atomic E-state index is -0.0440. The number of ether oxygens (including phenoxy) is 1. The standard InChI is InChI=1S/C4H10O3/c1-4(2)6-3-7-5/h4-5H,3H2,1-2H3. The summed E-state index contributed by atoms with van der Waals surface area (Å²) in [5.74, 6) is 0. The highest BCUT2D eigenvalue weighted by molar-refractivity contribution is 4.28. The Kier molecular flexibility index (Phi) is 3.98. The molecule has 1 N–H and O–H groups in total. The van der Waals surface area contributed by atoms with Crippen molar-refractivity contribution in [2.45, 2.75) is 20.0 Å². The van der Waals surface area contributed by atoms with Crippen molar-refractivity contribution in [1.29, 1.82) is 0 Å².